The maximum absolute atomic E-state index is 12.4. The van der Waals surface area contributed by atoms with Crippen LogP contribution < -0.4 is 10.1 Å². The van der Waals surface area contributed by atoms with Crippen LogP contribution in [0.4, 0.5) is 0 Å². The van der Waals surface area contributed by atoms with E-state index in [2.05, 4.69) is 10.3 Å². The average molecular weight is 340 g/mol. The number of aryl methyl sites for hydroxylation is 1. The second-order valence-electron chi connectivity index (χ2n) is 6.34. The molecule has 1 aliphatic heterocycles. The molecule has 132 valence electrons. The van der Waals surface area contributed by atoms with E-state index in [1.807, 2.05) is 36.4 Å². The number of hydrogen-bond acceptors (Lipinski definition) is 4. The second kappa shape index (κ2) is 8.62. The van der Waals surface area contributed by atoms with Crippen LogP contribution >= 0.6 is 0 Å². The minimum Gasteiger partial charge on any atom is -0.496 e. The van der Waals surface area contributed by atoms with Crippen LogP contribution in [0.3, 0.4) is 0 Å². The number of para-hydroxylation sites is 1. The lowest BCUT2D eigenvalue weighted by molar-refractivity contribution is -0.122. The molecule has 0 aliphatic carbocycles. The number of nitrogens with zero attached hydrogens (tertiary/aromatic N) is 1. The van der Waals surface area contributed by atoms with Gasteiger partial charge >= 0.3 is 0 Å². The number of amides is 1. The molecule has 0 saturated carbocycles. The number of ether oxygens (including phenoxy) is 2. The Labute approximate surface area is 148 Å². The zero-order chi connectivity index (χ0) is 17.5. The summed E-state index contributed by atoms with van der Waals surface area (Å²) in [6, 6.07) is 11.9. The first-order valence-electron chi connectivity index (χ1n) is 8.64. The Morgan fingerprint density at radius 3 is 2.84 bits per heavy atom. The van der Waals surface area contributed by atoms with Crippen LogP contribution in [0.1, 0.15) is 17.5 Å². The molecular weight excluding hydrogens is 316 g/mol. The number of hydrogen-bond donors (Lipinski definition) is 1. The Morgan fingerprint density at radius 2 is 2.04 bits per heavy atom. The van der Waals surface area contributed by atoms with E-state index in [1.165, 1.54) is 5.56 Å². The quantitative estimate of drug-likeness (QED) is 0.841. The molecule has 0 unspecified atom stereocenters. The molecular formula is C20H24N2O3. The predicted molar refractivity (Wildman–Crippen MR) is 95.5 cm³/mol. The van der Waals surface area contributed by atoms with E-state index >= 15 is 0 Å². The maximum atomic E-state index is 12.4. The SMILES string of the molecule is COc1ccccc1CCC(=O)N[C@H]1COC[C@H]1Cc1ccncc1. The van der Waals surface area contributed by atoms with Gasteiger partial charge in [0.2, 0.25) is 5.91 Å². The molecule has 1 aliphatic rings. The predicted octanol–water partition coefficient (Wildman–Crippen LogP) is 2.40. The summed E-state index contributed by atoms with van der Waals surface area (Å²) < 4.78 is 10.9. The Bertz CT molecular complexity index is 690. The second-order valence-corrected chi connectivity index (χ2v) is 6.34. The van der Waals surface area contributed by atoms with E-state index in [9.17, 15) is 4.79 Å². The van der Waals surface area contributed by atoms with Gasteiger partial charge in [0.15, 0.2) is 0 Å². The lowest BCUT2D eigenvalue weighted by Gasteiger charge is -2.19. The van der Waals surface area contributed by atoms with Gasteiger partial charge in [-0.05, 0) is 42.2 Å². The van der Waals surface area contributed by atoms with E-state index in [4.69, 9.17) is 9.47 Å². The number of carbonyl (C=O) groups excluding carboxylic acids is 1. The van der Waals surface area contributed by atoms with Gasteiger partial charge in [-0.2, -0.15) is 0 Å². The molecule has 1 aromatic heterocycles. The monoisotopic (exact) mass is 340 g/mol. The van der Waals surface area contributed by atoms with Crippen LogP contribution in [-0.4, -0.2) is 37.3 Å². The van der Waals surface area contributed by atoms with E-state index in [0.717, 1.165) is 17.7 Å². The summed E-state index contributed by atoms with van der Waals surface area (Å²) in [6.07, 6.45) is 5.59. The first kappa shape index (κ1) is 17.4. The molecule has 5 nitrogen and oxygen atoms in total. The standard InChI is InChI=1S/C20H24N2O3/c1-24-19-5-3-2-4-16(19)6-7-20(23)22-18-14-25-13-17(18)12-15-8-10-21-11-9-15/h2-5,8-11,17-18H,6-7,12-14H2,1H3,(H,22,23)/t17-,18+/m1/s1. The fraction of sp³-hybridized carbons (Fsp3) is 0.400. The van der Waals surface area contributed by atoms with E-state index in [-0.39, 0.29) is 11.9 Å². The summed E-state index contributed by atoms with van der Waals surface area (Å²) in [5, 5.41) is 3.14. The summed E-state index contributed by atoms with van der Waals surface area (Å²) in [5.74, 6) is 1.19. The van der Waals surface area contributed by atoms with Crippen molar-refractivity contribution >= 4 is 5.91 Å². The molecule has 1 amide bonds. The lowest BCUT2D eigenvalue weighted by Crippen LogP contribution is -2.40. The minimum atomic E-state index is 0.0566. The van der Waals surface area contributed by atoms with Crippen LogP contribution in [0.25, 0.3) is 0 Å². The van der Waals surface area contributed by atoms with Gasteiger partial charge in [-0.1, -0.05) is 18.2 Å². The topological polar surface area (TPSA) is 60.5 Å². The highest BCUT2D eigenvalue weighted by atomic mass is 16.5. The van der Waals surface area contributed by atoms with E-state index in [1.54, 1.807) is 19.5 Å². The highest BCUT2D eigenvalue weighted by Gasteiger charge is 2.29. The smallest absolute Gasteiger partial charge is 0.220 e. The van der Waals surface area contributed by atoms with Gasteiger partial charge in [0.25, 0.3) is 0 Å². The number of rotatable bonds is 7. The molecule has 0 bridgehead atoms. The van der Waals surface area contributed by atoms with Gasteiger partial charge in [0, 0.05) is 24.7 Å². The molecule has 0 radical (unpaired) electrons. The third-order valence-electron chi connectivity index (χ3n) is 4.61. The zero-order valence-corrected chi connectivity index (χ0v) is 14.5. The molecule has 2 aromatic rings. The summed E-state index contributed by atoms with van der Waals surface area (Å²) in [6.45, 7) is 1.26. The van der Waals surface area contributed by atoms with Crippen LogP contribution in [0.2, 0.25) is 0 Å². The van der Waals surface area contributed by atoms with Gasteiger partial charge in [0.1, 0.15) is 5.75 Å². The Kier molecular flexibility index (Phi) is 6.01. The highest BCUT2D eigenvalue weighted by Crippen LogP contribution is 2.21. The third kappa shape index (κ3) is 4.79. The van der Waals surface area contributed by atoms with Crippen LogP contribution in [0, 0.1) is 5.92 Å². The number of pyridine rings is 1. The normalized spacial score (nSPS) is 19.6. The third-order valence-corrected chi connectivity index (χ3v) is 4.61. The van der Waals surface area contributed by atoms with Gasteiger partial charge in [-0.15, -0.1) is 0 Å². The van der Waals surface area contributed by atoms with Crippen molar-refractivity contribution in [3.63, 3.8) is 0 Å². The molecule has 25 heavy (non-hydrogen) atoms. The van der Waals surface area contributed by atoms with Crippen molar-refractivity contribution in [2.24, 2.45) is 5.92 Å². The molecule has 2 heterocycles. The van der Waals surface area contributed by atoms with Crippen molar-refractivity contribution in [2.45, 2.75) is 25.3 Å². The highest BCUT2D eigenvalue weighted by molar-refractivity contribution is 5.76. The van der Waals surface area contributed by atoms with Gasteiger partial charge in [-0.3, -0.25) is 9.78 Å². The van der Waals surface area contributed by atoms with Crippen molar-refractivity contribution in [3.05, 3.63) is 59.9 Å². The lowest BCUT2D eigenvalue weighted by atomic mass is 9.95. The van der Waals surface area contributed by atoms with Crippen molar-refractivity contribution in [2.75, 3.05) is 20.3 Å². The summed E-state index contributed by atoms with van der Waals surface area (Å²) >= 11 is 0. The summed E-state index contributed by atoms with van der Waals surface area (Å²) in [5.41, 5.74) is 2.27. The maximum Gasteiger partial charge on any atom is 0.220 e. The number of carbonyl (C=O) groups is 1. The Hall–Kier alpha value is -2.40. The van der Waals surface area contributed by atoms with Crippen molar-refractivity contribution in [3.8, 4) is 5.75 Å². The van der Waals surface area contributed by atoms with Crippen molar-refractivity contribution < 1.29 is 14.3 Å². The van der Waals surface area contributed by atoms with Gasteiger partial charge in [0.05, 0.1) is 26.4 Å². The minimum absolute atomic E-state index is 0.0566. The van der Waals surface area contributed by atoms with Gasteiger partial charge in [-0.25, -0.2) is 0 Å². The van der Waals surface area contributed by atoms with Crippen LogP contribution in [0.5, 0.6) is 5.75 Å². The first-order chi connectivity index (χ1) is 12.3. The van der Waals surface area contributed by atoms with E-state index in [0.29, 0.717) is 32.0 Å². The fourth-order valence-electron chi connectivity index (χ4n) is 3.22. The number of aromatic nitrogens is 1. The number of nitrogens with one attached hydrogen (secondary N) is 1. The molecule has 0 spiro atoms. The molecule has 1 saturated heterocycles. The molecule has 3 rings (SSSR count). The first-order valence-corrected chi connectivity index (χ1v) is 8.64. The molecule has 2 atom stereocenters. The van der Waals surface area contributed by atoms with Crippen molar-refractivity contribution in [1.29, 1.82) is 0 Å². The summed E-state index contributed by atoms with van der Waals surface area (Å²) in [7, 11) is 1.65. The molecule has 1 N–H and O–H groups in total. The van der Waals surface area contributed by atoms with Crippen molar-refractivity contribution in [1.82, 2.24) is 10.3 Å². The van der Waals surface area contributed by atoms with E-state index < -0.39 is 0 Å². The largest absolute Gasteiger partial charge is 0.496 e. The Balaban J connectivity index is 1.51. The zero-order valence-electron chi connectivity index (χ0n) is 14.5. The van der Waals surface area contributed by atoms with Crippen LogP contribution in [0.15, 0.2) is 48.8 Å². The van der Waals surface area contributed by atoms with Crippen LogP contribution in [-0.2, 0) is 22.4 Å². The average Bonchev–Trinajstić information content (AvgIpc) is 3.07. The molecule has 5 heteroatoms. The Morgan fingerprint density at radius 1 is 1.24 bits per heavy atom. The number of benzene rings is 1. The molecule has 1 aromatic carbocycles. The summed E-state index contributed by atoms with van der Waals surface area (Å²) in [4.78, 5) is 16.4. The molecule has 1 fully saturated rings. The van der Waals surface area contributed by atoms with Gasteiger partial charge < -0.3 is 14.8 Å². The fourth-order valence-corrected chi connectivity index (χ4v) is 3.22. The number of methoxy groups -OCH3 is 1.